The lowest BCUT2D eigenvalue weighted by Gasteiger charge is -2.15. The van der Waals surface area contributed by atoms with Crippen molar-refractivity contribution in [3.63, 3.8) is 0 Å². The van der Waals surface area contributed by atoms with Gasteiger partial charge >= 0.3 is 0 Å². The second kappa shape index (κ2) is 9.37. The number of nitrogens with one attached hydrogen (secondary N) is 1. The van der Waals surface area contributed by atoms with Crippen molar-refractivity contribution in [1.82, 2.24) is 4.98 Å². The number of aryl methyl sites for hydroxylation is 2. The fourth-order valence-electron chi connectivity index (χ4n) is 3.14. The van der Waals surface area contributed by atoms with Gasteiger partial charge in [-0.3, -0.25) is 0 Å². The number of anilines is 1. The lowest BCUT2D eigenvalue weighted by atomic mass is 10.0. The van der Waals surface area contributed by atoms with Crippen LogP contribution >= 0.6 is 0 Å². The summed E-state index contributed by atoms with van der Waals surface area (Å²) in [5.74, 6) is 1.02. The van der Waals surface area contributed by atoms with Gasteiger partial charge in [0.1, 0.15) is 6.10 Å². The predicted molar refractivity (Wildman–Crippen MR) is 108 cm³/mol. The topological polar surface area (TPSA) is 81.8 Å². The summed E-state index contributed by atoms with van der Waals surface area (Å²) in [7, 11) is 0. The summed E-state index contributed by atoms with van der Waals surface area (Å²) in [6, 6.07) is 10.2. The number of rotatable bonds is 7. The Bertz CT molecular complexity index is 763. The first-order chi connectivity index (χ1) is 13.2. The van der Waals surface area contributed by atoms with Gasteiger partial charge in [0.15, 0.2) is 5.96 Å². The molecule has 27 heavy (non-hydrogen) atoms. The maximum atomic E-state index is 6.15. The van der Waals surface area contributed by atoms with E-state index in [1.54, 1.807) is 6.20 Å². The molecule has 1 aromatic carbocycles. The van der Waals surface area contributed by atoms with Gasteiger partial charge in [0.2, 0.25) is 5.88 Å². The number of benzene rings is 1. The molecule has 3 N–H and O–H groups in total. The maximum Gasteiger partial charge on any atom is 0.213 e. The molecule has 0 aliphatic carbocycles. The Morgan fingerprint density at radius 3 is 2.74 bits per heavy atom. The highest BCUT2D eigenvalue weighted by Gasteiger charge is 2.17. The van der Waals surface area contributed by atoms with Crippen LogP contribution in [0.4, 0.5) is 5.69 Å². The van der Waals surface area contributed by atoms with E-state index >= 15 is 0 Å². The molecule has 144 valence electrons. The lowest BCUT2D eigenvalue weighted by molar-refractivity contribution is 0.138. The van der Waals surface area contributed by atoms with Crippen LogP contribution in [0.2, 0.25) is 0 Å². The Balaban J connectivity index is 1.66. The minimum absolute atomic E-state index is 0.0843. The quantitative estimate of drug-likeness (QED) is 0.579. The van der Waals surface area contributed by atoms with Gasteiger partial charge in [-0.05, 0) is 35.6 Å². The number of ether oxygens (including phenoxy) is 2. The van der Waals surface area contributed by atoms with E-state index in [9.17, 15) is 0 Å². The summed E-state index contributed by atoms with van der Waals surface area (Å²) < 4.78 is 11.2. The Morgan fingerprint density at radius 1 is 1.30 bits per heavy atom. The van der Waals surface area contributed by atoms with Gasteiger partial charge in [-0.25, -0.2) is 9.98 Å². The number of hydrogen-bond donors (Lipinski definition) is 2. The van der Waals surface area contributed by atoms with E-state index in [1.165, 1.54) is 11.1 Å². The molecule has 0 amide bonds. The molecule has 3 rings (SSSR count). The van der Waals surface area contributed by atoms with Crippen molar-refractivity contribution >= 4 is 11.6 Å². The smallest absolute Gasteiger partial charge is 0.213 e. The molecule has 2 aromatic rings. The fraction of sp³-hybridized carbons (Fsp3) is 0.429. The molecule has 0 radical (unpaired) electrons. The maximum absolute atomic E-state index is 6.15. The molecule has 6 nitrogen and oxygen atoms in total. The zero-order valence-electron chi connectivity index (χ0n) is 16.1. The molecule has 6 heteroatoms. The highest BCUT2D eigenvalue weighted by molar-refractivity contribution is 5.93. The van der Waals surface area contributed by atoms with Gasteiger partial charge < -0.3 is 20.5 Å². The molecule has 1 saturated heterocycles. The Kier molecular flexibility index (Phi) is 6.65. The third-order valence-electron chi connectivity index (χ3n) is 4.66. The summed E-state index contributed by atoms with van der Waals surface area (Å²) in [6.07, 6.45) is 4.61. The minimum Gasteiger partial charge on any atom is -0.472 e. The second-order valence-corrected chi connectivity index (χ2v) is 6.59. The van der Waals surface area contributed by atoms with E-state index in [4.69, 9.17) is 15.2 Å². The molecule has 1 aromatic heterocycles. The molecule has 1 aliphatic heterocycles. The number of para-hydroxylation sites is 1. The van der Waals surface area contributed by atoms with E-state index < -0.39 is 0 Å². The molecule has 0 spiro atoms. The van der Waals surface area contributed by atoms with Crippen LogP contribution in [0.5, 0.6) is 5.88 Å². The summed E-state index contributed by atoms with van der Waals surface area (Å²) in [4.78, 5) is 8.76. The van der Waals surface area contributed by atoms with Crippen molar-refractivity contribution in [2.24, 2.45) is 10.7 Å². The van der Waals surface area contributed by atoms with Crippen LogP contribution < -0.4 is 15.8 Å². The van der Waals surface area contributed by atoms with E-state index in [0.717, 1.165) is 37.1 Å². The van der Waals surface area contributed by atoms with Crippen LogP contribution in [0.3, 0.4) is 0 Å². The molecule has 1 atom stereocenters. The number of guanidine groups is 1. The van der Waals surface area contributed by atoms with Crippen LogP contribution in [0.15, 0.2) is 41.5 Å². The number of aliphatic imine (C=N–C) groups is 1. The lowest BCUT2D eigenvalue weighted by Crippen LogP contribution is -2.24. The molecular formula is C21H28N4O2. The summed E-state index contributed by atoms with van der Waals surface area (Å²) in [5, 5.41) is 3.29. The first-order valence-electron chi connectivity index (χ1n) is 9.56. The molecular weight excluding hydrogens is 340 g/mol. The zero-order valence-corrected chi connectivity index (χ0v) is 16.1. The van der Waals surface area contributed by atoms with Gasteiger partial charge in [-0.15, -0.1) is 0 Å². The van der Waals surface area contributed by atoms with Crippen molar-refractivity contribution < 1.29 is 9.47 Å². The van der Waals surface area contributed by atoms with E-state index in [1.807, 2.05) is 12.1 Å². The number of nitrogens with two attached hydrogens (primary N) is 1. The van der Waals surface area contributed by atoms with Gasteiger partial charge in [0.05, 0.1) is 19.8 Å². The molecule has 1 aliphatic rings. The predicted octanol–water partition coefficient (Wildman–Crippen LogP) is 3.30. The standard InChI is InChI=1S/C21H28N4O2/c1-3-16-6-5-7-17(4-2)20(16)25-21(22)24-13-15-8-10-23-19(12-15)27-18-9-11-26-14-18/h5-8,10,12,18H,3-4,9,11,13-14H2,1-2H3,(H3,22,24,25). The third-order valence-corrected chi connectivity index (χ3v) is 4.66. The fourth-order valence-corrected chi connectivity index (χ4v) is 3.14. The highest BCUT2D eigenvalue weighted by atomic mass is 16.5. The average molecular weight is 368 g/mol. The van der Waals surface area contributed by atoms with Crippen molar-refractivity contribution in [3.8, 4) is 5.88 Å². The third kappa shape index (κ3) is 5.20. The molecule has 1 unspecified atom stereocenters. The number of aromatic nitrogens is 1. The molecule has 0 bridgehead atoms. The van der Waals surface area contributed by atoms with Crippen LogP contribution in [0.25, 0.3) is 0 Å². The molecule has 2 heterocycles. The Morgan fingerprint density at radius 2 is 2.07 bits per heavy atom. The normalized spacial score (nSPS) is 17.1. The van der Waals surface area contributed by atoms with E-state index in [2.05, 4.69) is 47.3 Å². The molecule has 1 fully saturated rings. The van der Waals surface area contributed by atoms with Gasteiger partial charge in [0.25, 0.3) is 0 Å². The Labute approximate surface area is 160 Å². The zero-order chi connectivity index (χ0) is 19.1. The Hall–Kier alpha value is -2.60. The van der Waals surface area contributed by atoms with Crippen LogP contribution in [0.1, 0.15) is 37.0 Å². The number of hydrogen-bond acceptors (Lipinski definition) is 4. The van der Waals surface area contributed by atoms with Crippen molar-refractivity contribution in [1.29, 1.82) is 0 Å². The summed E-state index contributed by atoms with van der Waals surface area (Å²) in [5.41, 5.74) is 10.7. The van der Waals surface area contributed by atoms with Crippen molar-refractivity contribution in [3.05, 3.63) is 53.2 Å². The van der Waals surface area contributed by atoms with Crippen molar-refractivity contribution in [2.45, 2.75) is 45.8 Å². The van der Waals surface area contributed by atoms with E-state index in [-0.39, 0.29) is 6.10 Å². The van der Waals surface area contributed by atoms with Crippen LogP contribution in [0, 0.1) is 0 Å². The van der Waals surface area contributed by atoms with Crippen molar-refractivity contribution in [2.75, 3.05) is 18.5 Å². The van der Waals surface area contributed by atoms with Crippen LogP contribution in [-0.2, 0) is 24.1 Å². The first kappa shape index (κ1) is 19.2. The number of pyridine rings is 1. The second-order valence-electron chi connectivity index (χ2n) is 6.59. The SMILES string of the molecule is CCc1cccc(CC)c1NC(N)=NCc1ccnc(OC2CCOC2)c1. The monoisotopic (exact) mass is 368 g/mol. The molecule has 0 saturated carbocycles. The van der Waals surface area contributed by atoms with Gasteiger partial charge in [-0.1, -0.05) is 32.0 Å². The van der Waals surface area contributed by atoms with E-state index in [0.29, 0.717) is 25.0 Å². The van der Waals surface area contributed by atoms with Crippen LogP contribution in [-0.4, -0.2) is 30.3 Å². The average Bonchev–Trinajstić information content (AvgIpc) is 3.20. The largest absolute Gasteiger partial charge is 0.472 e. The first-order valence-corrected chi connectivity index (χ1v) is 9.56. The highest BCUT2D eigenvalue weighted by Crippen LogP contribution is 2.22. The van der Waals surface area contributed by atoms with Gasteiger partial charge in [-0.2, -0.15) is 0 Å². The van der Waals surface area contributed by atoms with Gasteiger partial charge in [0, 0.05) is 24.4 Å². The summed E-state index contributed by atoms with van der Waals surface area (Å²) >= 11 is 0. The number of nitrogens with zero attached hydrogens (tertiary/aromatic N) is 2. The summed E-state index contributed by atoms with van der Waals surface area (Å²) in [6.45, 7) is 6.12. The minimum atomic E-state index is 0.0843.